The Balaban J connectivity index is 1.70. The van der Waals surface area contributed by atoms with Crippen LogP contribution in [0.2, 0.25) is 5.02 Å². The number of benzene rings is 3. The molecule has 0 saturated carbocycles. The largest absolute Gasteiger partial charge is 0.573 e. The van der Waals surface area contributed by atoms with Gasteiger partial charge in [0, 0.05) is 34.5 Å². The van der Waals surface area contributed by atoms with Crippen LogP contribution < -0.4 is 15.4 Å². The van der Waals surface area contributed by atoms with Gasteiger partial charge in [0.25, 0.3) is 0 Å². The van der Waals surface area contributed by atoms with Gasteiger partial charge in [-0.1, -0.05) is 23.7 Å². The minimum absolute atomic E-state index is 0.284. The number of aromatic nitrogens is 1. The highest BCUT2D eigenvalue weighted by Crippen LogP contribution is 2.31. The second-order valence-electron chi connectivity index (χ2n) is 7.60. The van der Waals surface area contributed by atoms with E-state index in [0.717, 1.165) is 16.5 Å². The van der Waals surface area contributed by atoms with Crippen LogP contribution >= 0.6 is 11.6 Å². The summed E-state index contributed by atoms with van der Waals surface area (Å²) in [5.41, 5.74) is 3.61. The second kappa shape index (κ2) is 9.69. The molecule has 34 heavy (non-hydrogen) atoms. The predicted molar refractivity (Wildman–Crippen MR) is 129 cm³/mol. The van der Waals surface area contributed by atoms with Crippen LogP contribution in [0.4, 0.5) is 24.5 Å². The molecule has 4 aromatic rings. The topological polar surface area (TPSA) is 55.3 Å². The summed E-state index contributed by atoms with van der Waals surface area (Å²) in [5.74, 6) is -0.284. The third-order valence-electron chi connectivity index (χ3n) is 5.11. The van der Waals surface area contributed by atoms with Gasteiger partial charge in [-0.2, -0.15) is 0 Å². The molecule has 1 unspecified atom stereocenters. The third kappa shape index (κ3) is 5.38. The Kier molecular flexibility index (Phi) is 6.88. The van der Waals surface area contributed by atoms with Gasteiger partial charge >= 0.3 is 6.36 Å². The molecule has 0 bridgehead atoms. The number of anilines is 2. The molecule has 4 rings (SSSR count). The molecule has 0 aliphatic rings. The predicted octanol–water partition coefficient (Wildman–Crippen LogP) is 6.54. The minimum Gasteiger partial charge on any atom is -0.406 e. The molecule has 0 aliphatic carbocycles. The van der Waals surface area contributed by atoms with Gasteiger partial charge in [0.2, 0.25) is 0 Å². The van der Waals surface area contributed by atoms with Crippen molar-refractivity contribution in [2.45, 2.75) is 24.7 Å². The normalized spacial score (nSPS) is 12.6. The van der Waals surface area contributed by atoms with E-state index in [1.165, 1.54) is 18.2 Å². The average molecular weight is 508 g/mol. The Bertz CT molecular complexity index is 1370. The number of aryl methyl sites for hydroxylation is 1. The molecular weight excluding hydrogens is 487 g/mol. The number of ether oxygens (including phenoxy) is 1. The molecule has 0 radical (unpaired) electrons. The van der Waals surface area contributed by atoms with Crippen molar-refractivity contribution in [1.29, 1.82) is 0 Å². The summed E-state index contributed by atoms with van der Waals surface area (Å²) < 4.78 is 56.5. The van der Waals surface area contributed by atoms with E-state index in [9.17, 15) is 17.4 Å². The first-order chi connectivity index (χ1) is 16.1. The zero-order valence-electron chi connectivity index (χ0n) is 18.2. The molecule has 5 nitrogen and oxygen atoms in total. The van der Waals surface area contributed by atoms with Gasteiger partial charge < -0.3 is 15.4 Å². The fraction of sp³-hybridized carbons (Fsp3) is 0.167. The SMILES string of the molecule is CNCc1cn(S(=O)c2cccc(Cl)c2)c2cc(Nc3ccc(OC(F)(F)F)cc3C)ccc12. The molecule has 0 aliphatic heterocycles. The van der Waals surface area contributed by atoms with E-state index in [-0.39, 0.29) is 5.75 Å². The number of nitrogens with zero attached hydrogens (tertiary/aromatic N) is 1. The molecule has 0 amide bonds. The second-order valence-corrected chi connectivity index (χ2v) is 9.40. The molecule has 1 heterocycles. The molecule has 1 aromatic heterocycles. The Hall–Kier alpha value is -3.01. The first-order valence-electron chi connectivity index (χ1n) is 10.2. The van der Waals surface area contributed by atoms with E-state index in [1.807, 2.05) is 31.4 Å². The Morgan fingerprint density at radius 1 is 1.09 bits per heavy atom. The average Bonchev–Trinajstić information content (AvgIpc) is 3.12. The molecule has 1 atom stereocenters. The van der Waals surface area contributed by atoms with Crippen LogP contribution in [0.5, 0.6) is 5.75 Å². The molecular formula is C24H21ClF3N3O2S. The van der Waals surface area contributed by atoms with Gasteiger partial charge in [-0.25, -0.2) is 4.21 Å². The first kappa shape index (κ1) is 24.1. The molecule has 3 aromatic carbocycles. The van der Waals surface area contributed by atoms with Gasteiger partial charge in [0.15, 0.2) is 11.0 Å². The number of fused-ring (bicyclic) bond motifs is 1. The zero-order valence-corrected chi connectivity index (χ0v) is 19.8. The Labute approximate surface area is 202 Å². The smallest absolute Gasteiger partial charge is 0.406 e. The molecule has 0 fully saturated rings. The third-order valence-corrected chi connectivity index (χ3v) is 6.66. The highest BCUT2D eigenvalue weighted by molar-refractivity contribution is 7.83. The maximum atomic E-state index is 13.4. The Morgan fingerprint density at radius 3 is 2.56 bits per heavy atom. The fourth-order valence-corrected chi connectivity index (χ4v) is 5.09. The van der Waals surface area contributed by atoms with Gasteiger partial charge in [0.05, 0.1) is 10.4 Å². The van der Waals surface area contributed by atoms with Crippen molar-refractivity contribution >= 4 is 44.9 Å². The van der Waals surface area contributed by atoms with Crippen molar-refractivity contribution in [3.8, 4) is 5.75 Å². The van der Waals surface area contributed by atoms with Crippen molar-refractivity contribution in [2.24, 2.45) is 0 Å². The van der Waals surface area contributed by atoms with E-state index in [4.69, 9.17) is 11.6 Å². The lowest BCUT2D eigenvalue weighted by molar-refractivity contribution is -0.274. The number of halogens is 4. The van der Waals surface area contributed by atoms with Crippen molar-refractivity contribution in [3.05, 3.63) is 83.0 Å². The van der Waals surface area contributed by atoms with Gasteiger partial charge in [-0.3, -0.25) is 3.97 Å². The monoisotopic (exact) mass is 507 g/mol. The highest BCUT2D eigenvalue weighted by atomic mass is 35.5. The summed E-state index contributed by atoms with van der Waals surface area (Å²) in [4.78, 5) is 0.565. The maximum absolute atomic E-state index is 13.4. The van der Waals surface area contributed by atoms with Crippen molar-refractivity contribution in [1.82, 2.24) is 9.29 Å². The number of hydrogen-bond acceptors (Lipinski definition) is 4. The number of alkyl halides is 3. The lowest BCUT2D eigenvalue weighted by atomic mass is 10.1. The summed E-state index contributed by atoms with van der Waals surface area (Å²) in [5, 5.41) is 7.77. The lowest BCUT2D eigenvalue weighted by Gasteiger charge is -2.14. The quantitative estimate of drug-likeness (QED) is 0.298. The minimum atomic E-state index is -4.75. The van der Waals surface area contributed by atoms with E-state index in [0.29, 0.717) is 33.4 Å². The molecule has 0 spiro atoms. The van der Waals surface area contributed by atoms with Crippen LogP contribution in [0.25, 0.3) is 10.9 Å². The highest BCUT2D eigenvalue weighted by Gasteiger charge is 2.31. The first-order valence-corrected chi connectivity index (χ1v) is 11.7. The molecule has 10 heteroatoms. The van der Waals surface area contributed by atoms with E-state index in [2.05, 4.69) is 15.4 Å². The van der Waals surface area contributed by atoms with Crippen LogP contribution in [0.15, 0.2) is 71.8 Å². The van der Waals surface area contributed by atoms with Crippen LogP contribution in [0.1, 0.15) is 11.1 Å². The summed E-state index contributed by atoms with van der Waals surface area (Å²) in [6, 6.07) is 16.6. The van der Waals surface area contributed by atoms with Gasteiger partial charge in [0.1, 0.15) is 5.75 Å². The zero-order chi connectivity index (χ0) is 24.5. The van der Waals surface area contributed by atoms with Crippen LogP contribution in [0.3, 0.4) is 0 Å². The Morgan fingerprint density at radius 2 is 1.88 bits per heavy atom. The summed E-state index contributed by atoms with van der Waals surface area (Å²) in [7, 11) is 0.302. The van der Waals surface area contributed by atoms with Gasteiger partial charge in [-0.15, -0.1) is 13.2 Å². The molecule has 2 N–H and O–H groups in total. The van der Waals surface area contributed by atoms with Crippen LogP contribution in [-0.4, -0.2) is 21.6 Å². The maximum Gasteiger partial charge on any atom is 0.573 e. The number of rotatable bonds is 7. The van der Waals surface area contributed by atoms with Crippen molar-refractivity contribution in [2.75, 3.05) is 12.4 Å². The molecule has 0 saturated heterocycles. The van der Waals surface area contributed by atoms with E-state index < -0.39 is 17.3 Å². The summed E-state index contributed by atoms with van der Waals surface area (Å²) in [6.07, 6.45) is -2.90. The lowest BCUT2D eigenvalue weighted by Crippen LogP contribution is -2.17. The van der Waals surface area contributed by atoms with E-state index in [1.54, 1.807) is 35.2 Å². The number of nitrogens with one attached hydrogen (secondary N) is 2. The summed E-state index contributed by atoms with van der Waals surface area (Å²) >= 11 is 6.09. The van der Waals surface area contributed by atoms with E-state index >= 15 is 0 Å². The van der Waals surface area contributed by atoms with Gasteiger partial charge in [-0.05, 0) is 73.6 Å². The van der Waals surface area contributed by atoms with Crippen molar-refractivity contribution in [3.63, 3.8) is 0 Å². The standard InChI is InChI=1S/C24H21ClF3N3O2S/c1-15-10-19(33-24(26,27)28)7-9-22(15)30-18-6-8-21-16(13-29-2)14-31(23(21)12-18)34(32)20-5-3-4-17(25)11-20/h3-12,14,29-30H,13H2,1-2H3. The van der Waals surface area contributed by atoms with Crippen molar-refractivity contribution < 1.29 is 22.1 Å². The van der Waals surface area contributed by atoms with Crippen LogP contribution in [0, 0.1) is 6.92 Å². The van der Waals surface area contributed by atoms with Crippen LogP contribution in [-0.2, 0) is 17.5 Å². The number of hydrogen-bond donors (Lipinski definition) is 2. The summed E-state index contributed by atoms with van der Waals surface area (Å²) in [6.45, 7) is 2.27. The molecule has 178 valence electrons. The fourth-order valence-electron chi connectivity index (χ4n) is 3.63.